The second-order valence-corrected chi connectivity index (χ2v) is 8.48. The fourth-order valence-corrected chi connectivity index (χ4v) is 3.57. The summed E-state index contributed by atoms with van der Waals surface area (Å²) in [4.78, 5) is 21.5. The van der Waals surface area contributed by atoms with E-state index in [-0.39, 0.29) is 11.9 Å². The van der Waals surface area contributed by atoms with Crippen molar-refractivity contribution in [1.29, 1.82) is 0 Å². The number of hydrogen-bond donors (Lipinski definition) is 1. The van der Waals surface area contributed by atoms with Crippen LogP contribution in [0.3, 0.4) is 0 Å². The average Bonchev–Trinajstić information content (AvgIpc) is 2.74. The molecule has 1 N–H and O–H groups in total. The number of amides is 1. The van der Waals surface area contributed by atoms with Crippen LogP contribution < -0.4 is 15.0 Å². The first-order valence-corrected chi connectivity index (χ1v) is 10.2. The van der Waals surface area contributed by atoms with Crippen LogP contribution in [0, 0.1) is 5.41 Å². The lowest BCUT2D eigenvalue weighted by Gasteiger charge is -2.40. The summed E-state index contributed by atoms with van der Waals surface area (Å²) in [6.07, 6.45) is 3.69. The van der Waals surface area contributed by atoms with Gasteiger partial charge in [0.15, 0.2) is 0 Å². The maximum Gasteiger partial charge on any atom is 0.225 e. The molecule has 1 aliphatic rings. The van der Waals surface area contributed by atoms with Gasteiger partial charge in [0.05, 0.1) is 13.2 Å². The van der Waals surface area contributed by atoms with Crippen molar-refractivity contribution in [2.24, 2.45) is 5.41 Å². The van der Waals surface area contributed by atoms with Crippen LogP contribution >= 0.6 is 0 Å². The van der Waals surface area contributed by atoms with Crippen molar-refractivity contribution >= 4 is 11.6 Å². The first kappa shape index (κ1) is 21.1. The van der Waals surface area contributed by atoms with Crippen molar-refractivity contribution in [2.75, 3.05) is 44.7 Å². The molecule has 0 radical (unpaired) electrons. The number of ether oxygens (including phenoxy) is 1. The summed E-state index contributed by atoms with van der Waals surface area (Å²) >= 11 is 0. The molecule has 2 aromatic rings. The molecule has 1 fully saturated rings. The monoisotopic (exact) mass is 396 g/mol. The van der Waals surface area contributed by atoms with Crippen LogP contribution in [0.5, 0.6) is 5.75 Å². The highest BCUT2D eigenvalue weighted by atomic mass is 16.5. The number of carbonyl (C=O) groups is 1. The molecule has 1 atom stereocenters. The van der Waals surface area contributed by atoms with Crippen LogP contribution in [0.1, 0.15) is 32.4 Å². The number of nitrogens with one attached hydrogen (secondary N) is 1. The third-order valence-electron chi connectivity index (χ3n) is 5.40. The molecule has 0 unspecified atom stereocenters. The van der Waals surface area contributed by atoms with Gasteiger partial charge in [-0.3, -0.25) is 14.7 Å². The van der Waals surface area contributed by atoms with E-state index in [2.05, 4.69) is 38.3 Å². The number of rotatable bonds is 6. The van der Waals surface area contributed by atoms with Gasteiger partial charge in [0.2, 0.25) is 5.91 Å². The Morgan fingerprint density at radius 2 is 1.83 bits per heavy atom. The van der Waals surface area contributed by atoms with Crippen molar-refractivity contribution in [3.63, 3.8) is 0 Å². The SMILES string of the molecule is COc1ccc(N2CCN([C@@H](CNC(=O)C(C)(C)C)c3cccnc3)CC2)cc1. The van der Waals surface area contributed by atoms with E-state index in [9.17, 15) is 4.79 Å². The molecular formula is C23H32N4O2. The van der Waals surface area contributed by atoms with Gasteiger partial charge in [-0.25, -0.2) is 0 Å². The van der Waals surface area contributed by atoms with E-state index in [1.54, 1.807) is 13.3 Å². The van der Waals surface area contributed by atoms with E-state index in [1.807, 2.05) is 45.2 Å². The van der Waals surface area contributed by atoms with Crippen molar-refractivity contribution in [1.82, 2.24) is 15.2 Å². The van der Waals surface area contributed by atoms with E-state index in [0.29, 0.717) is 6.54 Å². The van der Waals surface area contributed by atoms with Crippen LogP contribution in [-0.4, -0.2) is 55.6 Å². The minimum Gasteiger partial charge on any atom is -0.497 e. The molecule has 1 amide bonds. The predicted molar refractivity (Wildman–Crippen MR) is 116 cm³/mol. The summed E-state index contributed by atoms with van der Waals surface area (Å²) in [5, 5.41) is 3.14. The first-order chi connectivity index (χ1) is 13.9. The van der Waals surface area contributed by atoms with Gasteiger partial charge in [-0.1, -0.05) is 26.8 Å². The van der Waals surface area contributed by atoms with Gasteiger partial charge in [0.1, 0.15) is 5.75 Å². The Labute approximate surface area is 173 Å². The molecule has 0 aliphatic carbocycles. The molecule has 1 aliphatic heterocycles. The van der Waals surface area contributed by atoms with E-state index in [1.165, 1.54) is 5.69 Å². The van der Waals surface area contributed by atoms with Crippen molar-refractivity contribution in [3.8, 4) is 5.75 Å². The number of anilines is 1. The van der Waals surface area contributed by atoms with Crippen LogP contribution in [0.2, 0.25) is 0 Å². The van der Waals surface area contributed by atoms with E-state index >= 15 is 0 Å². The highest BCUT2D eigenvalue weighted by Gasteiger charge is 2.28. The molecular weight excluding hydrogens is 364 g/mol. The third kappa shape index (κ3) is 5.48. The zero-order valence-electron chi connectivity index (χ0n) is 17.9. The number of benzene rings is 1. The van der Waals surface area contributed by atoms with Crippen LogP contribution in [0.25, 0.3) is 0 Å². The molecule has 0 bridgehead atoms. The number of hydrogen-bond acceptors (Lipinski definition) is 5. The Hall–Kier alpha value is -2.60. The zero-order chi connectivity index (χ0) is 20.9. The quantitative estimate of drug-likeness (QED) is 0.813. The molecule has 6 heteroatoms. The number of carbonyl (C=O) groups excluding carboxylic acids is 1. The molecule has 0 spiro atoms. The lowest BCUT2D eigenvalue weighted by atomic mass is 9.95. The minimum absolute atomic E-state index is 0.0725. The smallest absolute Gasteiger partial charge is 0.225 e. The lowest BCUT2D eigenvalue weighted by Crippen LogP contribution is -2.50. The largest absolute Gasteiger partial charge is 0.497 e. The summed E-state index contributed by atoms with van der Waals surface area (Å²) in [5.74, 6) is 0.946. The molecule has 29 heavy (non-hydrogen) atoms. The Bertz CT molecular complexity index is 779. The van der Waals surface area contributed by atoms with E-state index < -0.39 is 5.41 Å². The maximum atomic E-state index is 12.4. The van der Waals surface area contributed by atoms with Gasteiger partial charge in [0, 0.05) is 56.2 Å². The van der Waals surface area contributed by atoms with E-state index in [4.69, 9.17) is 4.74 Å². The zero-order valence-corrected chi connectivity index (χ0v) is 17.9. The number of nitrogens with zero attached hydrogens (tertiary/aromatic N) is 3. The van der Waals surface area contributed by atoms with E-state index in [0.717, 1.165) is 37.5 Å². The number of methoxy groups -OCH3 is 1. The van der Waals surface area contributed by atoms with Crippen LogP contribution in [0.4, 0.5) is 5.69 Å². The number of aromatic nitrogens is 1. The fraction of sp³-hybridized carbons (Fsp3) is 0.478. The summed E-state index contributed by atoms with van der Waals surface area (Å²) in [6, 6.07) is 12.4. The van der Waals surface area contributed by atoms with Crippen molar-refractivity contribution in [2.45, 2.75) is 26.8 Å². The lowest BCUT2D eigenvalue weighted by molar-refractivity contribution is -0.128. The fourth-order valence-electron chi connectivity index (χ4n) is 3.57. The normalized spacial score (nSPS) is 16.3. The Morgan fingerprint density at radius 3 is 2.38 bits per heavy atom. The highest BCUT2D eigenvalue weighted by molar-refractivity contribution is 5.81. The average molecular weight is 397 g/mol. The van der Waals surface area contributed by atoms with Gasteiger partial charge < -0.3 is 15.0 Å². The van der Waals surface area contributed by atoms with Gasteiger partial charge >= 0.3 is 0 Å². The first-order valence-electron chi connectivity index (χ1n) is 10.2. The Morgan fingerprint density at radius 1 is 1.14 bits per heavy atom. The molecule has 156 valence electrons. The molecule has 1 saturated heterocycles. The maximum absolute atomic E-state index is 12.4. The number of piperazine rings is 1. The topological polar surface area (TPSA) is 57.7 Å². The van der Waals surface area contributed by atoms with Gasteiger partial charge in [-0.15, -0.1) is 0 Å². The molecule has 2 heterocycles. The third-order valence-corrected chi connectivity index (χ3v) is 5.40. The van der Waals surface area contributed by atoms with Crippen molar-refractivity contribution in [3.05, 3.63) is 54.4 Å². The summed E-state index contributed by atoms with van der Waals surface area (Å²) in [7, 11) is 1.69. The van der Waals surface area contributed by atoms with Gasteiger partial charge in [-0.05, 0) is 35.9 Å². The van der Waals surface area contributed by atoms with Gasteiger partial charge in [-0.2, -0.15) is 0 Å². The number of pyridine rings is 1. The Kier molecular flexibility index (Phi) is 6.75. The van der Waals surface area contributed by atoms with Gasteiger partial charge in [0.25, 0.3) is 0 Å². The Balaban J connectivity index is 1.66. The van der Waals surface area contributed by atoms with Crippen LogP contribution in [-0.2, 0) is 4.79 Å². The standard InChI is InChI=1S/C23H32N4O2/c1-23(2,3)22(28)25-17-21(18-6-5-11-24-16-18)27-14-12-26(13-15-27)19-7-9-20(29-4)10-8-19/h5-11,16,21H,12-15,17H2,1-4H3,(H,25,28)/t21-/m0/s1. The minimum atomic E-state index is -0.396. The molecule has 0 saturated carbocycles. The van der Waals surface area contributed by atoms with Crippen molar-refractivity contribution < 1.29 is 9.53 Å². The molecule has 1 aromatic heterocycles. The summed E-state index contributed by atoms with van der Waals surface area (Å²) in [6.45, 7) is 10.1. The molecule has 1 aromatic carbocycles. The highest BCUT2D eigenvalue weighted by Crippen LogP contribution is 2.25. The summed E-state index contributed by atoms with van der Waals surface area (Å²) in [5.41, 5.74) is 1.95. The second-order valence-electron chi connectivity index (χ2n) is 8.48. The molecule has 3 rings (SSSR count). The summed E-state index contributed by atoms with van der Waals surface area (Å²) < 4.78 is 5.26. The van der Waals surface area contributed by atoms with Crippen LogP contribution in [0.15, 0.2) is 48.8 Å². The second kappa shape index (κ2) is 9.27. The predicted octanol–water partition coefficient (Wildman–Crippen LogP) is 3.12. The molecule has 6 nitrogen and oxygen atoms in total.